The van der Waals surface area contributed by atoms with Crippen LogP contribution in [-0.2, 0) is 11.2 Å². The number of thioether (sulfide) groups is 1. The number of benzene rings is 1. The van der Waals surface area contributed by atoms with Gasteiger partial charge in [-0.05, 0) is 36.6 Å². The predicted octanol–water partition coefficient (Wildman–Crippen LogP) is 2.79. The normalized spacial score (nSPS) is 24.6. The molecule has 1 aliphatic heterocycles. The van der Waals surface area contributed by atoms with Crippen LogP contribution < -0.4 is 5.32 Å². The first-order valence-electron chi connectivity index (χ1n) is 6.78. The zero-order chi connectivity index (χ0) is 12.4. The average molecular weight is 263 g/mol. The van der Waals surface area contributed by atoms with E-state index in [-0.39, 0.29) is 6.10 Å². The third kappa shape index (κ3) is 2.58. The fourth-order valence-corrected chi connectivity index (χ4v) is 3.43. The fourth-order valence-electron chi connectivity index (χ4n) is 2.67. The second-order valence-corrected chi connectivity index (χ2v) is 6.60. The Morgan fingerprint density at radius 3 is 3.00 bits per heavy atom. The lowest BCUT2D eigenvalue weighted by Crippen LogP contribution is -2.32. The molecule has 0 aromatic heterocycles. The summed E-state index contributed by atoms with van der Waals surface area (Å²) < 4.78 is 6.44. The number of rotatable bonds is 5. The van der Waals surface area contributed by atoms with E-state index >= 15 is 0 Å². The second-order valence-electron chi connectivity index (χ2n) is 5.33. The summed E-state index contributed by atoms with van der Waals surface area (Å²) in [5, 5.41) is 3.60. The molecule has 0 amide bonds. The van der Waals surface area contributed by atoms with Gasteiger partial charge in [-0.25, -0.2) is 0 Å². The lowest BCUT2D eigenvalue weighted by molar-refractivity contribution is 0.0426. The van der Waals surface area contributed by atoms with Crippen LogP contribution in [0.4, 0.5) is 0 Å². The first-order valence-corrected chi connectivity index (χ1v) is 8.01. The van der Waals surface area contributed by atoms with Crippen molar-refractivity contribution in [3.63, 3.8) is 0 Å². The van der Waals surface area contributed by atoms with E-state index in [1.807, 2.05) is 11.8 Å². The van der Waals surface area contributed by atoms with Gasteiger partial charge >= 0.3 is 0 Å². The number of hydrogen-bond acceptors (Lipinski definition) is 3. The Hall–Kier alpha value is -0.510. The Morgan fingerprint density at radius 1 is 1.39 bits per heavy atom. The molecule has 98 valence electrons. The SMILES string of the molecule is CSC1(CNCC2OCCc3ccccc32)CC1. The van der Waals surface area contributed by atoms with Crippen LogP contribution in [0.15, 0.2) is 24.3 Å². The Labute approximate surface area is 113 Å². The van der Waals surface area contributed by atoms with Gasteiger partial charge in [0.2, 0.25) is 0 Å². The van der Waals surface area contributed by atoms with Gasteiger partial charge in [0.05, 0.1) is 12.7 Å². The first-order chi connectivity index (χ1) is 8.83. The lowest BCUT2D eigenvalue weighted by Gasteiger charge is -2.27. The van der Waals surface area contributed by atoms with Crippen LogP contribution >= 0.6 is 11.8 Å². The minimum atomic E-state index is 0.243. The molecule has 1 unspecified atom stereocenters. The molecular weight excluding hydrogens is 242 g/mol. The van der Waals surface area contributed by atoms with E-state index in [0.717, 1.165) is 26.1 Å². The molecule has 1 N–H and O–H groups in total. The maximum absolute atomic E-state index is 5.90. The Balaban J connectivity index is 1.57. The molecule has 0 saturated heterocycles. The minimum Gasteiger partial charge on any atom is -0.372 e. The summed E-state index contributed by atoms with van der Waals surface area (Å²) in [6.45, 7) is 2.92. The highest BCUT2D eigenvalue weighted by Crippen LogP contribution is 2.46. The van der Waals surface area contributed by atoms with Crippen LogP contribution in [-0.4, -0.2) is 30.7 Å². The summed E-state index contributed by atoms with van der Waals surface area (Å²) in [7, 11) is 0. The molecule has 0 spiro atoms. The van der Waals surface area contributed by atoms with Gasteiger partial charge in [0.1, 0.15) is 0 Å². The zero-order valence-corrected chi connectivity index (χ0v) is 11.8. The molecule has 0 bridgehead atoms. The van der Waals surface area contributed by atoms with Crippen LogP contribution in [0.5, 0.6) is 0 Å². The van der Waals surface area contributed by atoms with Gasteiger partial charge in [-0.3, -0.25) is 0 Å². The zero-order valence-electron chi connectivity index (χ0n) is 10.9. The van der Waals surface area contributed by atoms with Crippen LogP contribution in [0.1, 0.15) is 30.1 Å². The summed E-state index contributed by atoms with van der Waals surface area (Å²) in [5.74, 6) is 0. The summed E-state index contributed by atoms with van der Waals surface area (Å²) in [6, 6.07) is 8.68. The number of hydrogen-bond donors (Lipinski definition) is 1. The largest absolute Gasteiger partial charge is 0.372 e. The van der Waals surface area contributed by atoms with E-state index in [1.54, 1.807) is 0 Å². The molecule has 1 aliphatic carbocycles. The molecule has 1 aromatic rings. The van der Waals surface area contributed by atoms with Gasteiger partial charge in [0.25, 0.3) is 0 Å². The second kappa shape index (κ2) is 5.24. The number of nitrogens with one attached hydrogen (secondary N) is 1. The quantitative estimate of drug-likeness (QED) is 0.882. The third-order valence-corrected chi connectivity index (χ3v) is 5.53. The molecule has 1 atom stereocenters. The predicted molar refractivity (Wildman–Crippen MR) is 77.2 cm³/mol. The van der Waals surface area contributed by atoms with Gasteiger partial charge in [-0.2, -0.15) is 11.8 Å². The number of ether oxygens (including phenoxy) is 1. The monoisotopic (exact) mass is 263 g/mol. The van der Waals surface area contributed by atoms with Crippen molar-refractivity contribution in [3.8, 4) is 0 Å². The van der Waals surface area contributed by atoms with Gasteiger partial charge in [-0.1, -0.05) is 24.3 Å². The summed E-state index contributed by atoms with van der Waals surface area (Å²) in [5.41, 5.74) is 2.84. The Morgan fingerprint density at radius 2 is 2.22 bits per heavy atom. The van der Waals surface area contributed by atoms with Crippen molar-refractivity contribution in [2.45, 2.75) is 30.1 Å². The van der Waals surface area contributed by atoms with E-state index in [9.17, 15) is 0 Å². The molecule has 2 nitrogen and oxygen atoms in total. The molecule has 0 radical (unpaired) electrons. The van der Waals surface area contributed by atoms with Crippen LogP contribution in [0.25, 0.3) is 0 Å². The topological polar surface area (TPSA) is 21.3 Å². The van der Waals surface area contributed by atoms with E-state index in [2.05, 4.69) is 35.8 Å². The molecule has 2 aliphatic rings. The molecule has 3 rings (SSSR count). The summed E-state index contributed by atoms with van der Waals surface area (Å²) in [6.07, 6.45) is 6.25. The molecule has 3 heteroatoms. The van der Waals surface area contributed by atoms with E-state index in [4.69, 9.17) is 4.74 Å². The number of fused-ring (bicyclic) bond motifs is 1. The van der Waals surface area contributed by atoms with Gasteiger partial charge < -0.3 is 10.1 Å². The Kier molecular flexibility index (Phi) is 3.64. The van der Waals surface area contributed by atoms with Crippen molar-refractivity contribution in [1.82, 2.24) is 5.32 Å². The molecule has 1 heterocycles. The maximum Gasteiger partial charge on any atom is 0.0952 e. The van der Waals surface area contributed by atoms with E-state index in [0.29, 0.717) is 4.75 Å². The summed E-state index contributed by atoms with van der Waals surface area (Å²) in [4.78, 5) is 0. The molecule has 18 heavy (non-hydrogen) atoms. The van der Waals surface area contributed by atoms with Crippen molar-refractivity contribution in [2.75, 3.05) is 26.0 Å². The third-order valence-electron chi connectivity index (χ3n) is 4.11. The van der Waals surface area contributed by atoms with Crippen molar-refractivity contribution >= 4 is 11.8 Å². The highest BCUT2D eigenvalue weighted by molar-refractivity contribution is 8.00. The standard InChI is InChI=1S/C15H21NOS/c1-18-15(7-8-15)11-16-10-14-13-5-3-2-4-12(13)6-9-17-14/h2-5,14,16H,6-11H2,1H3. The highest BCUT2D eigenvalue weighted by Gasteiger charge is 2.41. The van der Waals surface area contributed by atoms with Gasteiger partial charge in [-0.15, -0.1) is 0 Å². The van der Waals surface area contributed by atoms with E-state index < -0.39 is 0 Å². The van der Waals surface area contributed by atoms with Crippen molar-refractivity contribution in [3.05, 3.63) is 35.4 Å². The van der Waals surface area contributed by atoms with Crippen molar-refractivity contribution < 1.29 is 4.74 Å². The average Bonchev–Trinajstić information content (AvgIpc) is 3.20. The van der Waals surface area contributed by atoms with Crippen LogP contribution in [0.2, 0.25) is 0 Å². The molecule has 1 saturated carbocycles. The minimum absolute atomic E-state index is 0.243. The lowest BCUT2D eigenvalue weighted by atomic mass is 9.97. The highest BCUT2D eigenvalue weighted by atomic mass is 32.2. The maximum atomic E-state index is 5.90. The van der Waals surface area contributed by atoms with Crippen molar-refractivity contribution in [2.24, 2.45) is 0 Å². The fraction of sp³-hybridized carbons (Fsp3) is 0.600. The smallest absolute Gasteiger partial charge is 0.0952 e. The van der Waals surface area contributed by atoms with Gasteiger partial charge in [0.15, 0.2) is 0 Å². The molecule has 1 fully saturated rings. The Bertz CT molecular complexity index is 417. The van der Waals surface area contributed by atoms with Crippen molar-refractivity contribution in [1.29, 1.82) is 0 Å². The first kappa shape index (κ1) is 12.5. The van der Waals surface area contributed by atoms with E-state index in [1.165, 1.54) is 24.0 Å². The molecule has 1 aromatic carbocycles. The van der Waals surface area contributed by atoms with Crippen LogP contribution in [0.3, 0.4) is 0 Å². The van der Waals surface area contributed by atoms with Crippen LogP contribution in [0, 0.1) is 0 Å². The summed E-state index contributed by atoms with van der Waals surface area (Å²) >= 11 is 2.01. The molecular formula is C15H21NOS. The van der Waals surface area contributed by atoms with Gasteiger partial charge in [0, 0.05) is 17.8 Å².